The van der Waals surface area contributed by atoms with Crippen LogP contribution < -0.4 is 5.32 Å². The molecule has 6 nitrogen and oxygen atoms in total. The molecular formula is C20H16F3N5O. The van der Waals surface area contributed by atoms with Gasteiger partial charge in [0.1, 0.15) is 11.8 Å². The Hall–Kier alpha value is -3.41. The Morgan fingerprint density at radius 3 is 2.72 bits per heavy atom. The number of nitrogens with one attached hydrogen (secondary N) is 2. The first-order chi connectivity index (χ1) is 13.7. The number of pyridine rings is 1. The summed E-state index contributed by atoms with van der Waals surface area (Å²) in [7, 11) is 0. The van der Waals surface area contributed by atoms with Crippen LogP contribution in [0.5, 0.6) is 0 Å². The lowest BCUT2D eigenvalue weighted by Crippen LogP contribution is -2.16. The van der Waals surface area contributed by atoms with Crippen molar-refractivity contribution in [3.05, 3.63) is 52.5 Å². The number of hydrogen-bond donors (Lipinski definition) is 2. The van der Waals surface area contributed by atoms with Crippen molar-refractivity contribution in [1.82, 2.24) is 15.2 Å². The maximum absolute atomic E-state index is 12.9. The number of carbonyl (C=O) groups excluding carboxylic acids is 1. The molecule has 2 heterocycles. The first kappa shape index (κ1) is 18.9. The number of hydrogen-bond acceptors (Lipinski definition) is 4. The van der Waals surface area contributed by atoms with Crippen LogP contribution in [0.3, 0.4) is 0 Å². The van der Waals surface area contributed by atoms with Crippen LogP contribution in [0.2, 0.25) is 0 Å². The number of halogens is 3. The third kappa shape index (κ3) is 3.31. The number of benzene rings is 1. The van der Waals surface area contributed by atoms with E-state index in [1.165, 1.54) is 6.20 Å². The molecule has 1 aliphatic carbocycles. The number of aromatic nitrogens is 3. The van der Waals surface area contributed by atoms with Crippen molar-refractivity contribution in [2.24, 2.45) is 5.92 Å². The lowest BCUT2D eigenvalue weighted by Gasteiger charge is -2.10. The fourth-order valence-electron chi connectivity index (χ4n) is 3.50. The van der Waals surface area contributed by atoms with Crippen molar-refractivity contribution in [3.8, 4) is 6.07 Å². The van der Waals surface area contributed by atoms with E-state index in [1.54, 1.807) is 32.0 Å². The zero-order valence-electron chi connectivity index (χ0n) is 15.6. The smallest absolute Gasteiger partial charge is 0.321 e. The highest BCUT2D eigenvalue weighted by molar-refractivity contribution is 6.05. The standard InChI is InChI=1S/C20H16F3N5O/c1-9-10(2)17(25-8-11(9)7-24)19(29)26-12-3-4-16-14(5-12)18(28-27-16)13-6-15(13)20(21,22)23/h3-5,8,13,15H,6H2,1-2H3,(H,26,29)(H,27,28). The van der Waals surface area contributed by atoms with Crippen molar-refractivity contribution in [1.29, 1.82) is 5.26 Å². The van der Waals surface area contributed by atoms with Crippen molar-refractivity contribution in [3.63, 3.8) is 0 Å². The molecule has 2 unspecified atom stereocenters. The van der Waals surface area contributed by atoms with Gasteiger partial charge in [0.15, 0.2) is 0 Å². The fraction of sp³-hybridized carbons (Fsp3) is 0.300. The van der Waals surface area contributed by atoms with Crippen molar-refractivity contribution < 1.29 is 18.0 Å². The number of nitrogens with zero attached hydrogens (tertiary/aromatic N) is 3. The molecule has 4 rings (SSSR count). The Morgan fingerprint density at radius 2 is 2.07 bits per heavy atom. The normalized spacial score (nSPS) is 18.5. The summed E-state index contributed by atoms with van der Waals surface area (Å²) in [5.74, 6) is -2.46. The van der Waals surface area contributed by atoms with Crippen LogP contribution in [-0.4, -0.2) is 27.3 Å². The molecule has 0 bridgehead atoms. The second-order valence-electron chi connectivity index (χ2n) is 7.20. The van der Waals surface area contributed by atoms with Gasteiger partial charge < -0.3 is 5.32 Å². The largest absolute Gasteiger partial charge is 0.392 e. The Balaban J connectivity index is 1.61. The lowest BCUT2D eigenvalue weighted by atomic mass is 10.0. The van der Waals surface area contributed by atoms with Crippen LogP contribution in [0.4, 0.5) is 18.9 Å². The topological polar surface area (TPSA) is 94.5 Å². The zero-order valence-corrected chi connectivity index (χ0v) is 15.6. The average molecular weight is 399 g/mol. The summed E-state index contributed by atoms with van der Waals surface area (Å²) in [6.07, 6.45) is -2.85. The van der Waals surface area contributed by atoms with E-state index < -0.39 is 23.9 Å². The number of amides is 1. The Kier molecular flexibility index (Phi) is 4.30. The van der Waals surface area contributed by atoms with Gasteiger partial charge in [-0.05, 0) is 49.6 Å². The highest BCUT2D eigenvalue weighted by Gasteiger charge is 2.57. The maximum Gasteiger partial charge on any atom is 0.392 e. The fourth-order valence-corrected chi connectivity index (χ4v) is 3.50. The first-order valence-corrected chi connectivity index (χ1v) is 8.93. The summed E-state index contributed by atoms with van der Waals surface area (Å²) < 4.78 is 38.8. The van der Waals surface area contributed by atoms with Crippen LogP contribution >= 0.6 is 0 Å². The summed E-state index contributed by atoms with van der Waals surface area (Å²) in [5.41, 5.74) is 3.25. The Bertz CT molecular complexity index is 1180. The molecule has 0 aliphatic heterocycles. The SMILES string of the molecule is Cc1c(C#N)cnc(C(=O)Nc2ccc3n[nH]c(C4CC4C(F)(F)F)c3c2)c1C. The molecule has 0 saturated heterocycles. The minimum atomic E-state index is -4.23. The summed E-state index contributed by atoms with van der Waals surface area (Å²) in [5, 5.41) is 19.1. The second kappa shape index (κ2) is 6.58. The number of carbonyl (C=O) groups is 1. The van der Waals surface area contributed by atoms with Gasteiger partial charge in [-0.2, -0.15) is 23.5 Å². The van der Waals surface area contributed by atoms with Crippen LogP contribution in [0.15, 0.2) is 24.4 Å². The average Bonchev–Trinajstić information content (AvgIpc) is 3.37. The first-order valence-electron chi connectivity index (χ1n) is 8.93. The van der Waals surface area contributed by atoms with Gasteiger partial charge in [0.05, 0.1) is 17.0 Å². The molecule has 1 fully saturated rings. The Labute approximate surface area is 163 Å². The molecule has 3 aromatic rings. The molecule has 0 radical (unpaired) electrons. The molecule has 1 saturated carbocycles. The summed E-state index contributed by atoms with van der Waals surface area (Å²) >= 11 is 0. The molecule has 9 heteroatoms. The minimum absolute atomic E-state index is 0.0328. The molecule has 148 valence electrons. The predicted molar refractivity (Wildman–Crippen MR) is 99.4 cm³/mol. The van der Waals surface area contributed by atoms with Gasteiger partial charge in [-0.3, -0.25) is 9.89 Å². The van der Waals surface area contributed by atoms with Gasteiger partial charge in [-0.25, -0.2) is 4.98 Å². The van der Waals surface area contributed by atoms with E-state index in [-0.39, 0.29) is 12.1 Å². The Morgan fingerprint density at radius 1 is 1.31 bits per heavy atom. The number of fused-ring (bicyclic) bond motifs is 1. The number of alkyl halides is 3. The third-order valence-electron chi connectivity index (χ3n) is 5.40. The van der Waals surface area contributed by atoms with Crippen LogP contribution in [0.25, 0.3) is 10.9 Å². The second-order valence-corrected chi connectivity index (χ2v) is 7.20. The lowest BCUT2D eigenvalue weighted by molar-refractivity contribution is -0.148. The van der Waals surface area contributed by atoms with E-state index in [9.17, 15) is 18.0 Å². The zero-order chi connectivity index (χ0) is 20.9. The van der Waals surface area contributed by atoms with Crippen molar-refractivity contribution in [2.45, 2.75) is 32.4 Å². The van der Waals surface area contributed by atoms with E-state index in [2.05, 4.69) is 20.5 Å². The summed E-state index contributed by atoms with van der Waals surface area (Å²) in [6, 6.07) is 6.90. The predicted octanol–water partition coefficient (Wildman–Crippen LogP) is 4.36. The number of rotatable bonds is 3. The van der Waals surface area contributed by atoms with E-state index in [0.29, 0.717) is 39.0 Å². The summed E-state index contributed by atoms with van der Waals surface area (Å²) in [6.45, 7) is 3.45. The minimum Gasteiger partial charge on any atom is -0.321 e. The third-order valence-corrected chi connectivity index (χ3v) is 5.40. The van der Waals surface area contributed by atoms with Crippen molar-refractivity contribution >= 4 is 22.5 Å². The van der Waals surface area contributed by atoms with Gasteiger partial charge >= 0.3 is 6.18 Å². The van der Waals surface area contributed by atoms with Gasteiger partial charge in [0, 0.05) is 28.9 Å². The van der Waals surface area contributed by atoms with Crippen LogP contribution in [0, 0.1) is 31.1 Å². The van der Waals surface area contributed by atoms with Crippen molar-refractivity contribution in [2.75, 3.05) is 5.32 Å². The summed E-state index contributed by atoms with van der Waals surface area (Å²) in [4.78, 5) is 16.7. The molecule has 1 aromatic carbocycles. The van der Waals surface area contributed by atoms with E-state index in [4.69, 9.17) is 5.26 Å². The highest BCUT2D eigenvalue weighted by atomic mass is 19.4. The van der Waals surface area contributed by atoms with Crippen LogP contribution in [0.1, 0.15) is 45.2 Å². The van der Waals surface area contributed by atoms with Gasteiger partial charge in [0.25, 0.3) is 5.91 Å². The molecule has 29 heavy (non-hydrogen) atoms. The number of H-pyrrole nitrogens is 1. The molecule has 0 spiro atoms. The van der Waals surface area contributed by atoms with Gasteiger partial charge in [-0.15, -0.1) is 0 Å². The van der Waals surface area contributed by atoms with E-state index in [0.717, 1.165) is 0 Å². The van der Waals surface area contributed by atoms with Gasteiger partial charge in [0.2, 0.25) is 0 Å². The van der Waals surface area contributed by atoms with Crippen LogP contribution in [-0.2, 0) is 0 Å². The molecular weight excluding hydrogens is 383 g/mol. The monoisotopic (exact) mass is 399 g/mol. The maximum atomic E-state index is 12.9. The highest BCUT2D eigenvalue weighted by Crippen LogP contribution is 2.56. The van der Waals surface area contributed by atoms with E-state index in [1.807, 2.05) is 6.07 Å². The number of nitriles is 1. The molecule has 1 aliphatic rings. The van der Waals surface area contributed by atoms with E-state index >= 15 is 0 Å². The number of anilines is 1. The quantitative estimate of drug-likeness (QED) is 0.684. The molecule has 2 aromatic heterocycles. The molecule has 1 amide bonds. The number of aromatic amines is 1. The van der Waals surface area contributed by atoms with Gasteiger partial charge in [-0.1, -0.05) is 0 Å². The molecule has 2 atom stereocenters. The molecule has 2 N–H and O–H groups in total.